The highest BCUT2D eigenvalue weighted by Gasteiger charge is 2.09. The maximum absolute atomic E-state index is 12.4. The zero-order valence-corrected chi connectivity index (χ0v) is 24.7. The summed E-state index contributed by atoms with van der Waals surface area (Å²) in [6.07, 6.45) is 19.7. The van der Waals surface area contributed by atoms with Crippen LogP contribution in [0.3, 0.4) is 0 Å². The third-order valence-corrected chi connectivity index (χ3v) is 6.87. The van der Waals surface area contributed by atoms with E-state index in [0.717, 1.165) is 18.4 Å². The predicted octanol–water partition coefficient (Wildman–Crippen LogP) is 10.5. The smallest absolute Gasteiger partial charge is 0.411 e. The second-order valence-corrected chi connectivity index (χ2v) is 10.5. The number of ether oxygens (including phenoxy) is 3. The number of hydrogen-bond acceptors (Lipinski definition) is 4. The second-order valence-electron chi connectivity index (χ2n) is 10.5. The lowest BCUT2D eigenvalue weighted by Gasteiger charge is -2.13. The minimum atomic E-state index is -0.493. The zero-order chi connectivity index (χ0) is 27.8. The molecule has 5 heteroatoms. The molecular weight excluding hydrogens is 486 g/mol. The van der Waals surface area contributed by atoms with Gasteiger partial charge in [-0.05, 0) is 18.4 Å². The predicted molar refractivity (Wildman–Crippen MR) is 163 cm³/mol. The van der Waals surface area contributed by atoms with Crippen molar-refractivity contribution in [3.8, 4) is 11.5 Å². The number of unbranched alkanes of at least 4 members (excludes halogenated alkanes) is 14. The van der Waals surface area contributed by atoms with Gasteiger partial charge in [-0.25, -0.2) is 4.79 Å². The number of rotatable bonds is 23. The highest BCUT2D eigenvalue weighted by molar-refractivity contribution is 5.85. The molecule has 0 bridgehead atoms. The molecule has 2 rings (SSSR count). The molecular formula is C34H53NO4. The van der Waals surface area contributed by atoms with E-state index in [0.29, 0.717) is 30.4 Å². The van der Waals surface area contributed by atoms with Crippen molar-refractivity contribution >= 4 is 11.8 Å². The first kappa shape index (κ1) is 32.5. The van der Waals surface area contributed by atoms with Crippen LogP contribution in [-0.2, 0) is 11.3 Å². The van der Waals surface area contributed by atoms with Crippen LogP contribution in [0.1, 0.15) is 122 Å². The Morgan fingerprint density at radius 2 is 1.08 bits per heavy atom. The lowest BCUT2D eigenvalue weighted by atomic mass is 10.1. The topological polar surface area (TPSA) is 56.8 Å². The number of carbonyl (C=O) groups is 1. The van der Waals surface area contributed by atoms with Crippen LogP contribution in [-0.4, -0.2) is 19.3 Å². The molecule has 0 aliphatic carbocycles. The van der Waals surface area contributed by atoms with Gasteiger partial charge in [-0.3, -0.25) is 5.32 Å². The molecule has 0 fully saturated rings. The fourth-order valence-electron chi connectivity index (χ4n) is 4.54. The van der Waals surface area contributed by atoms with Crippen molar-refractivity contribution in [3.05, 3.63) is 54.1 Å². The van der Waals surface area contributed by atoms with Gasteiger partial charge in [-0.2, -0.15) is 0 Å². The summed E-state index contributed by atoms with van der Waals surface area (Å²) in [4.78, 5) is 12.4. The molecule has 0 aromatic heterocycles. The zero-order valence-electron chi connectivity index (χ0n) is 24.7. The molecule has 0 aliphatic rings. The molecule has 1 amide bonds. The van der Waals surface area contributed by atoms with Crippen molar-refractivity contribution in [2.75, 3.05) is 18.5 Å². The summed E-state index contributed by atoms with van der Waals surface area (Å²) >= 11 is 0. The Bertz CT molecular complexity index is 831. The average Bonchev–Trinajstić information content (AvgIpc) is 2.95. The normalized spacial score (nSPS) is 10.8. The average molecular weight is 540 g/mol. The van der Waals surface area contributed by atoms with E-state index in [-0.39, 0.29) is 6.61 Å². The number of anilines is 1. The van der Waals surface area contributed by atoms with Crippen LogP contribution in [0.4, 0.5) is 10.5 Å². The minimum Gasteiger partial charge on any atom is -0.493 e. The molecule has 0 atom stereocenters. The van der Waals surface area contributed by atoms with Gasteiger partial charge in [0.25, 0.3) is 0 Å². The van der Waals surface area contributed by atoms with Crippen LogP contribution in [0.2, 0.25) is 0 Å². The Kier molecular flexibility index (Phi) is 18.5. The van der Waals surface area contributed by atoms with Gasteiger partial charge >= 0.3 is 6.09 Å². The lowest BCUT2D eigenvalue weighted by molar-refractivity contribution is 0.155. The Morgan fingerprint density at radius 3 is 1.56 bits per heavy atom. The quantitative estimate of drug-likeness (QED) is 0.143. The summed E-state index contributed by atoms with van der Waals surface area (Å²) in [5.41, 5.74) is 1.57. The first-order valence-corrected chi connectivity index (χ1v) is 15.6. The number of nitrogens with one attached hydrogen (secondary N) is 1. The first-order chi connectivity index (χ1) is 19.2. The van der Waals surface area contributed by atoms with Crippen molar-refractivity contribution in [3.63, 3.8) is 0 Å². The Morgan fingerprint density at radius 1 is 0.615 bits per heavy atom. The molecule has 0 saturated carbocycles. The molecule has 1 N–H and O–H groups in total. The van der Waals surface area contributed by atoms with E-state index in [1.165, 1.54) is 89.9 Å². The van der Waals surface area contributed by atoms with Gasteiger partial charge in [0, 0.05) is 18.2 Å². The number of carbonyl (C=O) groups excluding carboxylic acids is 1. The molecule has 5 nitrogen and oxygen atoms in total. The van der Waals surface area contributed by atoms with E-state index >= 15 is 0 Å². The van der Waals surface area contributed by atoms with Gasteiger partial charge in [0.05, 0.1) is 18.9 Å². The standard InChI is InChI=1S/C34H53NO4/c1-3-5-7-9-11-13-15-20-24-37-32-26-31(35-34(36)39-29-30-22-18-17-19-23-30)27-33(28-32)38-25-21-16-14-12-10-8-6-4-2/h17-19,22-23,26-28H,3-16,20-21,24-25,29H2,1-2H3,(H,35,36). The molecule has 2 aromatic carbocycles. The summed E-state index contributed by atoms with van der Waals surface area (Å²) in [5.74, 6) is 1.43. The molecule has 0 unspecified atom stereocenters. The molecule has 0 radical (unpaired) electrons. The van der Waals surface area contributed by atoms with Crippen molar-refractivity contribution in [1.29, 1.82) is 0 Å². The van der Waals surface area contributed by atoms with Crippen LogP contribution >= 0.6 is 0 Å². The number of amides is 1. The largest absolute Gasteiger partial charge is 0.493 e. The summed E-state index contributed by atoms with van der Waals surface area (Å²) in [6.45, 7) is 6.05. The van der Waals surface area contributed by atoms with Crippen molar-refractivity contribution in [1.82, 2.24) is 0 Å². The van der Waals surface area contributed by atoms with Crippen LogP contribution in [0, 0.1) is 0 Å². The van der Waals surface area contributed by atoms with Gasteiger partial charge in [0.1, 0.15) is 18.1 Å². The molecule has 218 valence electrons. The summed E-state index contributed by atoms with van der Waals surface area (Å²) in [6, 6.07) is 15.3. The van der Waals surface area contributed by atoms with Gasteiger partial charge in [0.15, 0.2) is 0 Å². The van der Waals surface area contributed by atoms with E-state index in [1.54, 1.807) is 0 Å². The lowest BCUT2D eigenvalue weighted by Crippen LogP contribution is -2.14. The summed E-state index contributed by atoms with van der Waals surface area (Å²) in [5, 5.41) is 2.84. The maximum Gasteiger partial charge on any atom is 0.411 e. The minimum absolute atomic E-state index is 0.225. The van der Waals surface area contributed by atoms with Gasteiger partial charge in [0.2, 0.25) is 0 Å². The number of benzene rings is 2. The van der Waals surface area contributed by atoms with Crippen molar-refractivity contribution in [2.24, 2.45) is 0 Å². The van der Waals surface area contributed by atoms with Crippen LogP contribution < -0.4 is 14.8 Å². The fraction of sp³-hybridized carbons (Fsp3) is 0.618. The van der Waals surface area contributed by atoms with E-state index in [9.17, 15) is 4.79 Å². The molecule has 0 spiro atoms. The first-order valence-electron chi connectivity index (χ1n) is 15.6. The Balaban J connectivity index is 1.80. The van der Waals surface area contributed by atoms with E-state index in [4.69, 9.17) is 14.2 Å². The monoisotopic (exact) mass is 539 g/mol. The van der Waals surface area contributed by atoms with Gasteiger partial charge in [-0.1, -0.05) is 134 Å². The second kappa shape index (κ2) is 22.2. The third-order valence-electron chi connectivity index (χ3n) is 6.87. The highest BCUT2D eigenvalue weighted by atomic mass is 16.5. The van der Waals surface area contributed by atoms with Gasteiger partial charge < -0.3 is 14.2 Å². The molecule has 2 aromatic rings. The number of hydrogen-bond donors (Lipinski definition) is 1. The molecule has 39 heavy (non-hydrogen) atoms. The van der Waals surface area contributed by atoms with E-state index < -0.39 is 6.09 Å². The van der Waals surface area contributed by atoms with Crippen LogP contribution in [0.25, 0.3) is 0 Å². The molecule has 0 saturated heterocycles. The van der Waals surface area contributed by atoms with Crippen LogP contribution in [0.5, 0.6) is 11.5 Å². The van der Waals surface area contributed by atoms with Crippen molar-refractivity contribution in [2.45, 2.75) is 123 Å². The maximum atomic E-state index is 12.4. The van der Waals surface area contributed by atoms with Gasteiger partial charge in [-0.15, -0.1) is 0 Å². The third kappa shape index (κ3) is 16.8. The summed E-state index contributed by atoms with van der Waals surface area (Å²) < 4.78 is 17.5. The molecule has 0 aliphatic heterocycles. The molecule has 0 heterocycles. The van der Waals surface area contributed by atoms with Crippen molar-refractivity contribution < 1.29 is 19.0 Å². The SMILES string of the molecule is CCCCCCCCCCOc1cc(NC(=O)OCc2ccccc2)cc(OCCCCCCCCCC)c1. The Labute approximate surface area is 238 Å². The van der Waals surface area contributed by atoms with Crippen LogP contribution in [0.15, 0.2) is 48.5 Å². The Hall–Kier alpha value is -2.69. The summed E-state index contributed by atoms with van der Waals surface area (Å²) in [7, 11) is 0. The van der Waals surface area contributed by atoms with E-state index in [1.807, 2.05) is 48.5 Å². The van der Waals surface area contributed by atoms with E-state index in [2.05, 4.69) is 19.2 Å². The fourth-order valence-corrected chi connectivity index (χ4v) is 4.54. The highest BCUT2D eigenvalue weighted by Crippen LogP contribution is 2.27.